The summed E-state index contributed by atoms with van der Waals surface area (Å²) in [5.74, 6) is -1.28. The van der Waals surface area contributed by atoms with Crippen molar-refractivity contribution < 1.29 is 14.7 Å². The molecule has 0 radical (unpaired) electrons. The quantitative estimate of drug-likeness (QED) is 0.860. The van der Waals surface area contributed by atoms with Crippen LogP contribution in [-0.4, -0.2) is 26.5 Å². The molecule has 0 unspecified atom stereocenters. The highest BCUT2D eigenvalue weighted by Gasteiger charge is 2.13. The Kier molecular flexibility index (Phi) is 4.56. The van der Waals surface area contributed by atoms with E-state index in [1.54, 1.807) is 6.07 Å². The zero-order valence-corrected chi connectivity index (χ0v) is 13.0. The standard InChI is InChI=1S/C12H12BrN3O3S/c1-2-16-5-7(13)3-9(16)11(17)14-4-10-15-8(6-20-10)12(18)19/h3,5-6H,2,4H2,1H3,(H,14,17)(H,18,19). The number of thiazole rings is 1. The first kappa shape index (κ1) is 14.7. The lowest BCUT2D eigenvalue weighted by Crippen LogP contribution is -2.25. The summed E-state index contributed by atoms with van der Waals surface area (Å²) >= 11 is 4.54. The van der Waals surface area contributed by atoms with Crippen molar-refractivity contribution in [3.05, 3.63) is 38.5 Å². The first-order valence-corrected chi connectivity index (χ1v) is 7.50. The van der Waals surface area contributed by atoms with Gasteiger partial charge in [0, 0.05) is 22.6 Å². The molecule has 0 aromatic carbocycles. The van der Waals surface area contributed by atoms with Crippen LogP contribution in [0.2, 0.25) is 0 Å². The number of carboxylic acids is 1. The molecule has 6 nitrogen and oxygen atoms in total. The predicted molar refractivity (Wildman–Crippen MR) is 78.0 cm³/mol. The number of halogens is 1. The molecule has 2 heterocycles. The molecule has 8 heteroatoms. The monoisotopic (exact) mass is 357 g/mol. The number of carbonyl (C=O) groups excluding carboxylic acids is 1. The Bertz CT molecular complexity index is 650. The molecular weight excluding hydrogens is 346 g/mol. The van der Waals surface area contributed by atoms with Crippen molar-refractivity contribution in [3.63, 3.8) is 0 Å². The Morgan fingerprint density at radius 3 is 2.90 bits per heavy atom. The first-order valence-electron chi connectivity index (χ1n) is 5.82. The van der Waals surface area contributed by atoms with Crippen molar-refractivity contribution in [3.8, 4) is 0 Å². The number of nitrogens with zero attached hydrogens (tertiary/aromatic N) is 2. The number of hydrogen-bond donors (Lipinski definition) is 2. The number of aromatic nitrogens is 2. The summed E-state index contributed by atoms with van der Waals surface area (Å²) < 4.78 is 2.66. The van der Waals surface area contributed by atoms with Crippen LogP contribution in [0.4, 0.5) is 0 Å². The van der Waals surface area contributed by atoms with Gasteiger partial charge in [0.2, 0.25) is 0 Å². The number of hydrogen-bond acceptors (Lipinski definition) is 4. The minimum Gasteiger partial charge on any atom is -0.476 e. The van der Waals surface area contributed by atoms with Crippen LogP contribution in [0.1, 0.15) is 32.9 Å². The fourth-order valence-corrected chi connectivity index (χ4v) is 2.84. The van der Waals surface area contributed by atoms with Crippen molar-refractivity contribution in [2.75, 3.05) is 0 Å². The second kappa shape index (κ2) is 6.19. The molecule has 106 valence electrons. The fourth-order valence-electron chi connectivity index (χ4n) is 1.66. The number of aryl methyl sites for hydroxylation is 1. The van der Waals surface area contributed by atoms with E-state index >= 15 is 0 Å². The number of aromatic carboxylic acids is 1. The van der Waals surface area contributed by atoms with Gasteiger partial charge in [-0.25, -0.2) is 9.78 Å². The third-order valence-corrected chi connectivity index (χ3v) is 3.89. The molecule has 20 heavy (non-hydrogen) atoms. The van der Waals surface area contributed by atoms with E-state index in [4.69, 9.17) is 5.11 Å². The highest BCUT2D eigenvalue weighted by molar-refractivity contribution is 9.10. The summed E-state index contributed by atoms with van der Waals surface area (Å²) in [5.41, 5.74) is 0.549. The maximum Gasteiger partial charge on any atom is 0.355 e. The van der Waals surface area contributed by atoms with Gasteiger partial charge in [0.15, 0.2) is 5.69 Å². The van der Waals surface area contributed by atoms with Crippen molar-refractivity contribution in [1.29, 1.82) is 0 Å². The Morgan fingerprint density at radius 2 is 2.30 bits per heavy atom. The predicted octanol–water partition coefficient (Wildman–Crippen LogP) is 2.36. The molecule has 2 rings (SSSR count). The van der Waals surface area contributed by atoms with Gasteiger partial charge in [0.1, 0.15) is 10.7 Å². The lowest BCUT2D eigenvalue weighted by Gasteiger charge is -2.06. The maximum absolute atomic E-state index is 12.1. The van der Waals surface area contributed by atoms with Gasteiger partial charge in [-0.15, -0.1) is 11.3 Å². The van der Waals surface area contributed by atoms with Gasteiger partial charge in [-0.3, -0.25) is 4.79 Å². The molecule has 2 aromatic heterocycles. The number of carboxylic acid groups (broad SMARTS) is 1. The molecule has 0 aliphatic rings. The minimum absolute atomic E-state index is 0.000994. The molecule has 0 spiro atoms. The number of nitrogens with one attached hydrogen (secondary N) is 1. The van der Waals surface area contributed by atoms with Crippen LogP contribution in [0.5, 0.6) is 0 Å². The summed E-state index contributed by atoms with van der Waals surface area (Å²) in [7, 11) is 0. The third kappa shape index (κ3) is 3.26. The second-order valence-corrected chi connectivity index (χ2v) is 5.80. The van der Waals surface area contributed by atoms with E-state index < -0.39 is 5.97 Å². The van der Waals surface area contributed by atoms with Crippen molar-refractivity contribution >= 4 is 39.1 Å². The summed E-state index contributed by atoms with van der Waals surface area (Å²) in [6.07, 6.45) is 1.83. The summed E-state index contributed by atoms with van der Waals surface area (Å²) in [4.78, 5) is 26.7. The van der Waals surface area contributed by atoms with E-state index in [1.165, 1.54) is 16.7 Å². The second-order valence-electron chi connectivity index (χ2n) is 3.94. The molecule has 0 fully saturated rings. The Balaban J connectivity index is 2.02. The maximum atomic E-state index is 12.1. The van der Waals surface area contributed by atoms with Crippen LogP contribution in [0.15, 0.2) is 22.1 Å². The Labute approximate surface area is 127 Å². The summed E-state index contributed by atoms with van der Waals surface area (Å²) in [6, 6.07) is 1.74. The molecular formula is C12H12BrN3O3S. The van der Waals surface area contributed by atoms with Gasteiger partial charge < -0.3 is 15.0 Å². The summed E-state index contributed by atoms with van der Waals surface area (Å²) in [5, 5.41) is 13.5. The molecule has 0 bridgehead atoms. The van der Waals surface area contributed by atoms with Crippen molar-refractivity contribution in [2.45, 2.75) is 20.0 Å². The van der Waals surface area contributed by atoms with Crippen LogP contribution < -0.4 is 5.32 Å². The molecule has 0 saturated heterocycles. The third-order valence-electron chi connectivity index (χ3n) is 2.61. The lowest BCUT2D eigenvalue weighted by molar-refractivity contribution is 0.0691. The average Bonchev–Trinajstić information content (AvgIpc) is 3.02. The average molecular weight is 358 g/mol. The molecule has 0 aliphatic carbocycles. The molecule has 2 N–H and O–H groups in total. The number of carbonyl (C=O) groups is 2. The van der Waals surface area contributed by atoms with Crippen molar-refractivity contribution in [1.82, 2.24) is 14.9 Å². The zero-order chi connectivity index (χ0) is 14.7. The van der Waals surface area contributed by atoms with Gasteiger partial charge in [-0.2, -0.15) is 0 Å². The van der Waals surface area contributed by atoms with Crippen LogP contribution in [0.25, 0.3) is 0 Å². The van der Waals surface area contributed by atoms with Gasteiger partial charge in [-0.05, 0) is 28.9 Å². The smallest absolute Gasteiger partial charge is 0.355 e. The lowest BCUT2D eigenvalue weighted by atomic mass is 10.4. The van der Waals surface area contributed by atoms with E-state index in [0.29, 0.717) is 17.2 Å². The largest absolute Gasteiger partial charge is 0.476 e. The van der Waals surface area contributed by atoms with E-state index in [2.05, 4.69) is 26.2 Å². The van der Waals surface area contributed by atoms with E-state index in [-0.39, 0.29) is 18.1 Å². The highest BCUT2D eigenvalue weighted by Crippen LogP contribution is 2.15. The molecule has 2 aromatic rings. The number of amides is 1. The van der Waals surface area contributed by atoms with Crippen LogP contribution in [-0.2, 0) is 13.1 Å². The SMILES string of the molecule is CCn1cc(Br)cc1C(=O)NCc1nc(C(=O)O)cs1. The molecule has 1 amide bonds. The van der Waals surface area contributed by atoms with Crippen LogP contribution >= 0.6 is 27.3 Å². The fraction of sp³-hybridized carbons (Fsp3) is 0.250. The molecule has 0 saturated carbocycles. The first-order chi connectivity index (χ1) is 9.51. The minimum atomic E-state index is -1.07. The Morgan fingerprint density at radius 1 is 1.55 bits per heavy atom. The molecule has 0 aliphatic heterocycles. The topological polar surface area (TPSA) is 84.2 Å². The van der Waals surface area contributed by atoms with Gasteiger partial charge in [0.05, 0.1) is 6.54 Å². The Hall–Kier alpha value is -1.67. The van der Waals surface area contributed by atoms with Gasteiger partial charge >= 0.3 is 5.97 Å². The van der Waals surface area contributed by atoms with E-state index in [1.807, 2.05) is 17.7 Å². The van der Waals surface area contributed by atoms with E-state index in [9.17, 15) is 9.59 Å². The van der Waals surface area contributed by atoms with Crippen LogP contribution in [0.3, 0.4) is 0 Å². The highest BCUT2D eigenvalue weighted by atomic mass is 79.9. The van der Waals surface area contributed by atoms with Crippen molar-refractivity contribution in [2.24, 2.45) is 0 Å². The summed E-state index contributed by atoms with van der Waals surface area (Å²) in [6.45, 7) is 2.85. The zero-order valence-electron chi connectivity index (χ0n) is 10.6. The molecule has 0 atom stereocenters. The van der Waals surface area contributed by atoms with Gasteiger partial charge in [0.25, 0.3) is 5.91 Å². The number of rotatable bonds is 5. The van der Waals surface area contributed by atoms with Gasteiger partial charge in [-0.1, -0.05) is 0 Å². The normalized spacial score (nSPS) is 10.5. The van der Waals surface area contributed by atoms with Crippen LogP contribution in [0, 0.1) is 0 Å². The van der Waals surface area contributed by atoms with E-state index in [0.717, 1.165) is 4.47 Å².